The normalized spacial score (nSPS) is 20.1. The summed E-state index contributed by atoms with van der Waals surface area (Å²) in [6.45, 7) is 2.78. The van der Waals surface area contributed by atoms with Gasteiger partial charge in [-0.1, -0.05) is 0 Å². The third-order valence-corrected chi connectivity index (χ3v) is 3.24. The Morgan fingerprint density at radius 2 is 2.50 bits per heavy atom. The molecule has 1 aliphatic rings. The van der Waals surface area contributed by atoms with Crippen LogP contribution in [0.4, 0.5) is 0 Å². The summed E-state index contributed by atoms with van der Waals surface area (Å²) in [5.41, 5.74) is 0. The number of hydrogen-bond acceptors (Lipinski definition) is 4. The molecule has 1 N–H and O–H groups in total. The molecule has 1 saturated heterocycles. The third kappa shape index (κ3) is 2.70. The molecule has 1 aromatic rings. The number of piperazine rings is 1. The highest BCUT2D eigenvalue weighted by Crippen LogP contribution is 2.21. The van der Waals surface area contributed by atoms with Crippen molar-refractivity contribution in [3.05, 3.63) is 18.2 Å². The highest BCUT2D eigenvalue weighted by atomic mass is 16.5. The number of aromatic nitrogens is 2. The molecule has 1 fully saturated rings. The van der Waals surface area contributed by atoms with E-state index in [1.165, 1.54) is 0 Å². The van der Waals surface area contributed by atoms with E-state index in [1.807, 2.05) is 22.7 Å². The Kier molecular flexibility index (Phi) is 4.33. The van der Waals surface area contributed by atoms with E-state index < -0.39 is 0 Å². The number of ether oxygens (including phenoxy) is 1. The lowest BCUT2D eigenvalue weighted by atomic mass is 10.1. The zero-order valence-corrected chi connectivity index (χ0v) is 10.9. The molecule has 1 aromatic heterocycles. The van der Waals surface area contributed by atoms with E-state index in [9.17, 15) is 4.79 Å². The summed E-state index contributed by atoms with van der Waals surface area (Å²) in [6, 6.07) is 0.0168. The van der Waals surface area contributed by atoms with Crippen LogP contribution in [0.3, 0.4) is 0 Å². The largest absolute Gasteiger partial charge is 0.384 e. The molecule has 0 radical (unpaired) electrons. The first-order chi connectivity index (χ1) is 8.74. The van der Waals surface area contributed by atoms with Gasteiger partial charge in [-0.2, -0.15) is 0 Å². The second-order valence-corrected chi connectivity index (χ2v) is 4.45. The van der Waals surface area contributed by atoms with Crippen molar-refractivity contribution in [2.24, 2.45) is 7.05 Å². The standard InChI is InChI=1S/C12H20N4O2/c1-15-6-5-14-12(15)10-9-13-4-7-16(10)11(17)3-8-18-2/h5-6,10,13H,3-4,7-9H2,1-2H3. The van der Waals surface area contributed by atoms with Crippen molar-refractivity contribution in [3.63, 3.8) is 0 Å². The molecule has 1 atom stereocenters. The molecule has 6 heteroatoms. The monoisotopic (exact) mass is 252 g/mol. The van der Waals surface area contributed by atoms with Gasteiger partial charge in [-0.3, -0.25) is 4.79 Å². The molecule has 6 nitrogen and oxygen atoms in total. The van der Waals surface area contributed by atoms with Gasteiger partial charge in [-0.15, -0.1) is 0 Å². The molecule has 100 valence electrons. The first-order valence-corrected chi connectivity index (χ1v) is 6.20. The summed E-state index contributed by atoms with van der Waals surface area (Å²) in [7, 11) is 3.57. The Bertz CT molecular complexity index is 405. The van der Waals surface area contributed by atoms with Crippen LogP contribution >= 0.6 is 0 Å². The average Bonchev–Trinajstić information content (AvgIpc) is 2.82. The number of methoxy groups -OCH3 is 1. The molecule has 18 heavy (non-hydrogen) atoms. The first kappa shape index (κ1) is 13.0. The van der Waals surface area contributed by atoms with Crippen molar-refractivity contribution in [2.45, 2.75) is 12.5 Å². The predicted octanol–water partition coefficient (Wildman–Crippen LogP) is -0.0705. The molecule has 0 aromatic carbocycles. The zero-order chi connectivity index (χ0) is 13.0. The highest BCUT2D eigenvalue weighted by Gasteiger charge is 2.29. The molecule has 0 spiro atoms. The van der Waals surface area contributed by atoms with E-state index in [-0.39, 0.29) is 11.9 Å². The van der Waals surface area contributed by atoms with E-state index in [0.717, 1.165) is 25.5 Å². The van der Waals surface area contributed by atoms with Crippen molar-refractivity contribution < 1.29 is 9.53 Å². The summed E-state index contributed by atoms with van der Waals surface area (Å²) in [4.78, 5) is 18.4. The molecule has 0 aliphatic carbocycles. The Labute approximate surface area is 107 Å². The van der Waals surface area contributed by atoms with Gasteiger partial charge in [0.15, 0.2) is 0 Å². The second kappa shape index (κ2) is 5.97. The number of nitrogens with one attached hydrogen (secondary N) is 1. The molecular formula is C12H20N4O2. The molecule has 0 saturated carbocycles. The van der Waals surface area contributed by atoms with Crippen LogP contribution in [0.1, 0.15) is 18.3 Å². The van der Waals surface area contributed by atoms with Gasteiger partial charge in [0.1, 0.15) is 11.9 Å². The fourth-order valence-corrected chi connectivity index (χ4v) is 2.26. The maximum absolute atomic E-state index is 12.2. The molecule has 1 amide bonds. The number of amides is 1. The van der Waals surface area contributed by atoms with Gasteiger partial charge in [-0.05, 0) is 0 Å². The number of rotatable bonds is 4. The van der Waals surface area contributed by atoms with Crippen LogP contribution in [0.5, 0.6) is 0 Å². The van der Waals surface area contributed by atoms with Crippen molar-refractivity contribution in [2.75, 3.05) is 33.4 Å². The van der Waals surface area contributed by atoms with E-state index >= 15 is 0 Å². The molecule has 0 bridgehead atoms. The van der Waals surface area contributed by atoms with Crippen molar-refractivity contribution >= 4 is 5.91 Å². The van der Waals surface area contributed by atoms with Crippen LogP contribution in [0, 0.1) is 0 Å². The topological polar surface area (TPSA) is 59.4 Å². The Balaban J connectivity index is 2.11. The van der Waals surface area contributed by atoms with Crippen LogP contribution in [0.15, 0.2) is 12.4 Å². The Morgan fingerprint density at radius 1 is 1.67 bits per heavy atom. The smallest absolute Gasteiger partial charge is 0.225 e. The van der Waals surface area contributed by atoms with Crippen LogP contribution in [-0.2, 0) is 16.6 Å². The fourth-order valence-electron chi connectivity index (χ4n) is 2.26. The van der Waals surface area contributed by atoms with Crippen LogP contribution in [0.25, 0.3) is 0 Å². The lowest BCUT2D eigenvalue weighted by Crippen LogP contribution is -2.49. The maximum atomic E-state index is 12.2. The van der Waals surface area contributed by atoms with Gasteiger partial charge < -0.3 is 19.5 Å². The maximum Gasteiger partial charge on any atom is 0.225 e. The van der Waals surface area contributed by atoms with Crippen molar-refractivity contribution in [1.82, 2.24) is 19.8 Å². The minimum atomic E-state index is 0.0168. The van der Waals surface area contributed by atoms with Gasteiger partial charge in [0.05, 0.1) is 13.0 Å². The number of aryl methyl sites for hydroxylation is 1. The summed E-state index contributed by atoms with van der Waals surface area (Å²) >= 11 is 0. The summed E-state index contributed by atoms with van der Waals surface area (Å²) in [5.74, 6) is 1.05. The summed E-state index contributed by atoms with van der Waals surface area (Å²) < 4.78 is 6.94. The number of nitrogens with zero attached hydrogens (tertiary/aromatic N) is 3. The quantitative estimate of drug-likeness (QED) is 0.815. The van der Waals surface area contributed by atoms with Crippen LogP contribution < -0.4 is 5.32 Å². The van der Waals surface area contributed by atoms with Gasteiger partial charge in [0.2, 0.25) is 5.91 Å². The molecule has 1 unspecified atom stereocenters. The fraction of sp³-hybridized carbons (Fsp3) is 0.667. The summed E-state index contributed by atoms with van der Waals surface area (Å²) in [5, 5.41) is 3.31. The molecule has 1 aliphatic heterocycles. The lowest BCUT2D eigenvalue weighted by molar-refractivity contribution is -0.135. The first-order valence-electron chi connectivity index (χ1n) is 6.20. The van der Waals surface area contributed by atoms with Crippen LogP contribution in [0.2, 0.25) is 0 Å². The van der Waals surface area contributed by atoms with Gasteiger partial charge in [-0.25, -0.2) is 4.98 Å². The van der Waals surface area contributed by atoms with Crippen molar-refractivity contribution in [3.8, 4) is 0 Å². The Hall–Kier alpha value is -1.40. The number of carbonyl (C=O) groups is 1. The van der Waals surface area contributed by atoms with Gasteiger partial charge >= 0.3 is 0 Å². The highest BCUT2D eigenvalue weighted by molar-refractivity contribution is 5.76. The number of imidazole rings is 1. The van der Waals surface area contributed by atoms with E-state index in [2.05, 4.69) is 10.3 Å². The predicted molar refractivity (Wildman–Crippen MR) is 67.0 cm³/mol. The van der Waals surface area contributed by atoms with E-state index in [1.54, 1.807) is 13.3 Å². The minimum Gasteiger partial charge on any atom is -0.384 e. The van der Waals surface area contributed by atoms with Gasteiger partial charge in [0.25, 0.3) is 0 Å². The minimum absolute atomic E-state index is 0.0168. The lowest BCUT2D eigenvalue weighted by Gasteiger charge is -2.35. The second-order valence-electron chi connectivity index (χ2n) is 4.45. The Morgan fingerprint density at radius 3 is 3.17 bits per heavy atom. The molecule has 2 rings (SSSR count). The summed E-state index contributed by atoms with van der Waals surface area (Å²) in [6.07, 6.45) is 4.10. The number of carbonyl (C=O) groups excluding carboxylic acids is 1. The average molecular weight is 252 g/mol. The molecular weight excluding hydrogens is 232 g/mol. The van der Waals surface area contributed by atoms with Gasteiger partial charge in [0, 0.05) is 46.2 Å². The van der Waals surface area contributed by atoms with Crippen molar-refractivity contribution in [1.29, 1.82) is 0 Å². The molecule has 2 heterocycles. The van der Waals surface area contributed by atoms with E-state index in [0.29, 0.717) is 13.0 Å². The zero-order valence-electron chi connectivity index (χ0n) is 10.9. The number of hydrogen-bond donors (Lipinski definition) is 1. The van der Waals surface area contributed by atoms with E-state index in [4.69, 9.17) is 4.74 Å². The SMILES string of the molecule is COCCC(=O)N1CCNCC1c1nccn1C. The third-order valence-electron chi connectivity index (χ3n) is 3.24. The van der Waals surface area contributed by atoms with Crippen LogP contribution in [-0.4, -0.2) is 53.7 Å².